The zero-order valence-electron chi connectivity index (χ0n) is 20.7. The van der Waals surface area contributed by atoms with Gasteiger partial charge in [0.1, 0.15) is 12.4 Å². The van der Waals surface area contributed by atoms with Gasteiger partial charge in [0.05, 0.1) is 5.69 Å². The van der Waals surface area contributed by atoms with Crippen LogP contribution in [0.15, 0.2) is 24.3 Å². The molecule has 4 heterocycles. The highest BCUT2D eigenvalue weighted by molar-refractivity contribution is 5.52. The molecule has 4 atom stereocenters. The Morgan fingerprint density at radius 1 is 1.00 bits per heavy atom. The first-order valence-electron chi connectivity index (χ1n) is 13.6. The SMILES string of the molecule is CN1CCC[C@H]1COc1nc2c(c(N3CCNCC3)n1)CCC(N1CCCC3C=CC=CC31)C2. The van der Waals surface area contributed by atoms with E-state index >= 15 is 0 Å². The number of anilines is 1. The molecule has 1 aromatic rings. The molecule has 1 aromatic heterocycles. The molecule has 0 amide bonds. The van der Waals surface area contributed by atoms with Crippen LogP contribution in [0.1, 0.15) is 43.4 Å². The summed E-state index contributed by atoms with van der Waals surface area (Å²) in [4.78, 5) is 17.7. The number of aromatic nitrogens is 2. The van der Waals surface area contributed by atoms with Crippen molar-refractivity contribution in [1.29, 1.82) is 0 Å². The minimum absolute atomic E-state index is 0.478. The van der Waals surface area contributed by atoms with Gasteiger partial charge in [0, 0.05) is 56.3 Å². The molecule has 0 aromatic carbocycles. The molecule has 184 valence electrons. The number of piperidine rings is 1. The lowest BCUT2D eigenvalue weighted by Crippen LogP contribution is -2.51. The fraction of sp³-hybridized carbons (Fsp3) is 0.704. The van der Waals surface area contributed by atoms with Crippen LogP contribution in [0.5, 0.6) is 6.01 Å². The molecular weight excluding hydrogens is 424 g/mol. The van der Waals surface area contributed by atoms with Crippen LogP contribution in [-0.2, 0) is 12.8 Å². The lowest BCUT2D eigenvalue weighted by molar-refractivity contribution is 0.0847. The van der Waals surface area contributed by atoms with Crippen molar-refractivity contribution < 1.29 is 4.74 Å². The van der Waals surface area contributed by atoms with Gasteiger partial charge in [-0.25, -0.2) is 0 Å². The van der Waals surface area contributed by atoms with Crippen LogP contribution in [0.2, 0.25) is 0 Å². The third kappa shape index (κ3) is 4.50. The van der Waals surface area contributed by atoms with Crippen LogP contribution >= 0.6 is 0 Å². The highest BCUT2D eigenvalue weighted by Crippen LogP contribution is 2.36. The number of piperazine rings is 1. The molecular formula is C27H40N6O. The summed E-state index contributed by atoms with van der Waals surface area (Å²) in [6, 6.07) is 2.17. The van der Waals surface area contributed by atoms with Crippen molar-refractivity contribution in [2.24, 2.45) is 5.92 Å². The predicted octanol–water partition coefficient (Wildman–Crippen LogP) is 2.42. The zero-order valence-corrected chi connectivity index (χ0v) is 20.7. The van der Waals surface area contributed by atoms with Crippen molar-refractivity contribution in [2.75, 3.05) is 57.8 Å². The smallest absolute Gasteiger partial charge is 0.318 e. The maximum absolute atomic E-state index is 6.28. The number of likely N-dealkylation sites (tertiary alicyclic amines) is 2. The maximum Gasteiger partial charge on any atom is 0.318 e. The number of ether oxygens (including phenoxy) is 1. The lowest BCUT2D eigenvalue weighted by Gasteiger charge is -2.45. The second-order valence-corrected chi connectivity index (χ2v) is 10.8. The average Bonchev–Trinajstić information content (AvgIpc) is 3.31. The van der Waals surface area contributed by atoms with Crippen molar-refractivity contribution in [3.63, 3.8) is 0 Å². The molecule has 3 fully saturated rings. The van der Waals surface area contributed by atoms with E-state index in [9.17, 15) is 0 Å². The fourth-order valence-corrected chi connectivity index (χ4v) is 6.75. The first kappa shape index (κ1) is 22.5. The first-order valence-corrected chi connectivity index (χ1v) is 13.6. The largest absolute Gasteiger partial charge is 0.462 e. The molecule has 6 rings (SSSR count). The van der Waals surface area contributed by atoms with E-state index in [0.717, 1.165) is 51.4 Å². The minimum atomic E-state index is 0.478. The summed E-state index contributed by atoms with van der Waals surface area (Å²) >= 11 is 0. The van der Waals surface area contributed by atoms with E-state index in [0.29, 0.717) is 36.7 Å². The maximum atomic E-state index is 6.28. The Kier molecular flexibility index (Phi) is 6.59. The van der Waals surface area contributed by atoms with Crippen LogP contribution < -0.4 is 15.0 Å². The molecule has 5 aliphatic rings. The summed E-state index contributed by atoms with van der Waals surface area (Å²) in [6.45, 7) is 7.09. The normalized spacial score (nSPS) is 32.0. The van der Waals surface area contributed by atoms with Crippen LogP contribution in [-0.4, -0.2) is 90.8 Å². The standard InChI is InChI=1S/C27H40N6O/c1-31-14-5-8-22(31)19-34-27-29-24-18-21(33-15-4-7-20-6-2-3-9-25(20)33)10-11-23(24)26(30-27)32-16-12-28-13-17-32/h2-3,6,9,20-22,25,28H,4-5,7-8,10-19H2,1H3/t20?,21?,22-,25?/m0/s1. The topological polar surface area (TPSA) is 56.8 Å². The second-order valence-electron chi connectivity index (χ2n) is 10.8. The van der Waals surface area contributed by atoms with E-state index in [4.69, 9.17) is 14.7 Å². The molecule has 0 saturated carbocycles. The minimum Gasteiger partial charge on any atom is -0.462 e. The van der Waals surface area contributed by atoms with Crippen LogP contribution in [0.3, 0.4) is 0 Å². The fourth-order valence-electron chi connectivity index (χ4n) is 6.75. The van der Waals surface area contributed by atoms with E-state index < -0.39 is 0 Å². The molecule has 2 aliphatic carbocycles. The number of fused-ring (bicyclic) bond motifs is 2. The summed E-state index contributed by atoms with van der Waals surface area (Å²) in [6.07, 6.45) is 17.7. The van der Waals surface area contributed by atoms with Gasteiger partial charge in [0.2, 0.25) is 0 Å². The predicted molar refractivity (Wildman–Crippen MR) is 136 cm³/mol. The number of nitrogens with zero attached hydrogens (tertiary/aromatic N) is 5. The summed E-state index contributed by atoms with van der Waals surface area (Å²) < 4.78 is 6.28. The summed E-state index contributed by atoms with van der Waals surface area (Å²) in [5.41, 5.74) is 2.60. The lowest BCUT2D eigenvalue weighted by atomic mass is 9.82. The molecule has 3 unspecified atom stereocenters. The quantitative estimate of drug-likeness (QED) is 0.718. The van der Waals surface area contributed by atoms with Crippen LogP contribution in [0, 0.1) is 5.92 Å². The van der Waals surface area contributed by atoms with Gasteiger partial charge in [-0.15, -0.1) is 0 Å². The summed E-state index contributed by atoms with van der Waals surface area (Å²) in [5, 5.41) is 3.48. The Morgan fingerprint density at radius 3 is 2.71 bits per heavy atom. The number of hydrogen-bond acceptors (Lipinski definition) is 7. The van der Waals surface area contributed by atoms with Crippen LogP contribution in [0.25, 0.3) is 0 Å². The zero-order chi connectivity index (χ0) is 22.9. The van der Waals surface area contributed by atoms with Crippen molar-refractivity contribution in [1.82, 2.24) is 25.1 Å². The number of hydrogen-bond donors (Lipinski definition) is 1. The molecule has 7 heteroatoms. The van der Waals surface area contributed by atoms with Crippen molar-refractivity contribution in [3.8, 4) is 6.01 Å². The number of nitrogens with one attached hydrogen (secondary N) is 1. The van der Waals surface area contributed by atoms with Crippen LogP contribution in [0.4, 0.5) is 5.82 Å². The van der Waals surface area contributed by atoms with Gasteiger partial charge in [-0.3, -0.25) is 4.90 Å². The number of allylic oxidation sites excluding steroid dienone is 2. The van der Waals surface area contributed by atoms with Gasteiger partial charge in [0.25, 0.3) is 0 Å². The number of likely N-dealkylation sites (N-methyl/N-ethyl adjacent to an activating group) is 1. The highest BCUT2D eigenvalue weighted by atomic mass is 16.5. The van der Waals surface area contributed by atoms with Crippen molar-refractivity contribution >= 4 is 5.82 Å². The number of rotatable bonds is 5. The first-order chi connectivity index (χ1) is 16.8. The average molecular weight is 465 g/mol. The van der Waals surface area contributed by atoms with E-state index in [-0.39, 0.29) is 0 Å². The monoisotopic (exact) mass is 464 g/mol. The van der Waals surface area contributed by atoms with E-state index in [2.05, 4.69) is 51.4 Å². The molecule has 0 bridgehead atoms. The Bertz CT molecular complexity index is 926. The molecule has 3 aliphatic heterocycles. The van der Waals surface area contributed by atoms with Crippen molar-refractivity contribution in [3.05, 3.63) is 35.6 Å². The molecule has 1 N–H and O–H groups in total. The molecule has 7 nitrogen and oxygen atoms in total. The third-order valence-electron chi connectivity index (χ3n) is 8.72. The molecule has 3 saturated heterocycles. The highest BCUT2D eigenvalue weighted by Gasteiger charge is 2.37. The Labute approximate surface area is 204 Å². The summed E-state index contributed by atoms with van der Waals surface area (Å²) in [7, 11) is 2.20. The van der Waals surface area contributed by atoms with E-state index in [1.165, 1.54) is 49.9 Å². The summed E-state index contributed by atoms with van der Waals surface area (Å²) in [5.74, 6) is 1.81. The molecule has 0 spiro atoms. The van der Waals surface area contributed by atoms with E-state index in [1.54, 1.807) is 0 Å². The molecule has 34 heavy (non-hydrogen) atoms. The second kappa shape index (κ2) is 9.96. The van der Waals surface area contributed by atoms with Gasteiger partial charge in [-0.1, -0.05) is 24.3 Å². The Morgan fingerprint density at radius 2 is 1.85 bits per heavy atom. The van der Waals surface area contributed by atoms with Gasteiger partial charge in [-0.05, 0) is 64.6 Å². The molecule has 0 radical (unpaired) electrons. The third-order valence-corrected chi connectivity index (χ3v) is 8.72. The van der Waals surface area contributed by atoms with Gasteiger partial charge >= 0.3 is 6.01 Å². The van der Waals surface area contributed by atoms with Crippen molar-refractivity contribution in [2.45, 2.75) is 63.1 Å². The Hall–Kier alpha value is -1.96. The van der Waals surface area contributed by atoms with Gasteiger partial charge < -0.3 is 19.9 Å². The Balaban J connectivity index is 1.25. The van der Waals surface area contributed by atoms with E-state index in [1.807, 2.05) is 0 Å². The van der Waals surface area contributed by atoms with Gasteiger partial charge in [-0.2, -0.15) is 9.97 Å². The van der Waals surface area contributed by atoms with Gasteiger partial charge in [0.15, 0.2) is 0 Å².